The molecule has 0 heterocycles. The van der Waals surface area contributed by atoms with Gasteiger partial charge in [-0.15, -0.1) is 0 Å². The molecule has 4 heteroatoms. The van der Waals surface area contributed by atoms with Crippen molar-refractivity contribution in [2.75, 3.05) is 19.0 Å². The zero-order chi connectivity index (χ0) is 15.3. The second kappa shape index (κ2) is 6.94. The highest BCUT2D eigenvalue weighted by atomic mass is 16.5. The van der Waals surface area contributed by atoms with Crippen molar-refractivity contribution in [1.82, 2.24) is 0 Å². The minimum atomic E-state index is -0.625. The van der Waals surface area contributed by atoms with Crippen LogP contribution in [0.4, 0.5) is 5.69 Å². The van der Waals surface area contributed by atoms with Crippen molar-refractivity contribution in [3.05, 3.63) is 29.8 Å². The molecule has 0 radical (unpaired) electrons. The molecule has 1 N–H and O–H groups in total. The molecule has 0 amide bonds. The largest absolute Gasteiger partial charge is 0.464 e. The number of benzene rings is 1. The van der Waals surface area contributed by atoms with Crippen molar-refractivity contribution in [2.45, 2.75) is 51.2 Å². The molecule has 1 aliphatic rings. The van der Waals surface area contributed by atoms with Gasteiger partial charge in [0.05, 0.1) is 12.7 Å². The number of anilines is 1. The number of hydrogen-bond acceptors (Lipinski definition) is 4. The van der Waals surface area contributed by atoms with E-state index in [4.69, 9.17) is 9.47 Å². The van der Waals surface area contributed by atoms with Gasteiger partial charge in [0, 0.05) is 12.8 Å². The lowest BCUT2D eigenvalue weighted by Gasteiger charge is -2.39. The van der Waals surface area contributed by atoms with Crippen LogP contribution in [0.3, 0.4) is 0 Å². The Morgan fingerprint density at radius 2 is 1.90 bits per heavy atom. The summed E-state index contributed by atoms with van der Waals surface area (Å²) in [5.41, 5.74) is 1.54. The lowest BCUT2D eigenvalue weighted by Crippen LogP contribution is -2.51. The van der Waals surface area contributed by atoms with Crippen LogP contribution in [-0.2, 0) is 14.3 Å². The molecule has 21 heavy (non-hydrogen) atoms. The summed E-state index contributed by atoms with van der Waals surface area (Å²) in [7, 11) is 1.73. The van der Waals surface area contributed by atoms with E-state index >= 15 is 0 Å². The van der Waals surface area contributed by atoms with Crippen LogP contribution >= 0.6 is 0 Å². The van der Waals surface area contributed by atoms with Crippen LogP contribution in [0.15, 0.2) is 24.3 Å². The van der Waals surface area contributed by atoms with E-state index in [1.165, 1.54) is 5.56 Å². The van der Waals surface area contributed by atoms with E-state index in [0.29, 0.717) is 6.61 Å². The van der Waals surface area contributed by atoms with Gasteiger partial charge in [0.15, 0.2) is 0 Å². The Morgan fingerprint density at radius 1 is 1.29 bits per heavy atom. The monoisotopic (exact) mass is 291 g/mol. The molecule has 0 atom stereocenters. The van der Waals surface area contributed by atoms with Gasteiger partial charge in [-0.05, 0) is 51.7 Å². The molecule has 1 aromatic carbocycles. The Hall–Kier alpha value is -1.55. The average molecular weight is 291 g/mol. The maximum Gasteiger partial charge on any atom is 0.331 e. The zero-order valence-electron chi connectivity index (χ0n) is 13.1. The van der Waals surface area contributed by atoms with Crippen molar-refractivity contribution in [1.29, 1.82) is 0 Å². The molecule has 0 bridgehead atoms. The Bertz CT molecular complexity index is 461. The summed E-state index contributed by atoms with van der Waals surface area (Å²) in [6, 6.07) is 8.11. The van der Waals surface area contributed by atoms with Crippen molar-refractivity contribution in [2.24, 2.45) is 0 Å². The average Bonchev–Trinajstić information content (AvgIpc) is 2.50. The third kappa shape index (κ3) is 3.76. The van der Waals surface area contributed by atoms with Crippen molar-refractivity contribution in [3.8, 4) is 0 Å². The molecular weight excluding hydrogens is 266 g/mol. The fourth-order valence-electron chi connectivity index (χ4n) is 2.88. The molecule has 116 valence electrons. The van der Waals surface area contributed by atoms with Gasteiger partial charge in [0.1, 0.15) is 5.54 Å². The number of esters is 1. The van der Waals surface area contributed by atoms with Crippen LogP contribution in [0, 0.1) is 6.92 Å². The zero-order valence-corrected chi connectivity index (χ0v) is 13.1. The second-order valence-corrected chi connectivity index (χ2v) is 5.73. The highest BCUT2D eigenvalue weighted by molar-refractivity contribution is 5.84. The van der Waals surface area contributed by atoms with Gasteiger partial charge in [-0.3, -0.25) is 0 Å². The third-order valence-corrected chi connectivity index (χ3v) is 4.22. The van der Waals surface area contributed by atoms with Crippen molar-refractivity contribution in [3.63, 3.8) is 0 Å². The Kier molecular flexibility index (Phi) is 5.23. The predicted molar refractivity (Wildman–Crippen MR) is 83.4 cm³/mol. The van der Waals surface area contributed by atoms with Crippen LogP contribution in [0.1, 0.15) is 38.2 Å². The van der Waals surface area contributed by atoms with Crippen molar-refractivity contribution >= 4 is 11.7 Å². The standard InChI is InChI=1S/C17H25NO3/c1-4-21-16(19)17(11-9-15(20-3)10-12-17)18-14-7-5-13(2)6-8-14/h5-8,15,18H,4,9-12H2,1-3H3. The summed E-state index contributed by atoms with van der Waals surface area (Å²) >= 11 is 0. The minimum absolute atomic E-state index is 0.153. The van der Waals surface area contributed by atoms with E-state index in [0.717, 1.165) is 31.4 Å². The van der Waals surface area contributed by atoms with Crippen LogP contribution in [0.2, 0.25) is 0 Å². The number of ether oxygens (including phenoxy) is 2. The van der Waals surface area contributed by atoms with Crippen LogP contribution in [0.5, 0.6) is 0 Å². The topological polar surface area (TPSA) is 47.6 Å². The fourth-order valence-corrected chi connectivity index (χ4v) is 2.88. The van der Waals surface area contributed by atoms with Crippen LogP contribution < -0.4 is 5.32 Å². The lowest BCUT2D eigenvalue weighted by atomic mass is 9.80. The Balaban J connectivity index is 2.16. The molecule has 0 unspecified atom stereocenters. The Morgan fingerprint density at radius 3 is 2.43 bits per heavy atom. The van der Waals surface area contributed by atoms with E-state index in [1.807, 2.05) is 31.2 Å². The summed E-state index contributed by atoms with van der Waals surface area (Å²) in [4.78, 5) is 12.5. The van der Waals surface area contributed by atoms with Gasteiger partial charge in [-0.1, -0.05) is 17.7 Å². The second-order valence-electron chi connectivity index (χ2n) is 5.73. The first-order chi connectivity index (χ1) is 10.1. The summed E-state index contributed by atoms with van der Waals surface area (Å²) in [6.07, 6.45) is 3.45. The number of hydrogen-bond donors (Lipinski definition) is 1. The molecule has 0 aliphatic heterocycles. The van der Waals surface area contributed by atoms with Gasteiger partial charge in [-0.25, -0.2) is 4.79 Å². The highest BCUT2D eigenvalue weighted by Crippen LogP contribution is 2.34. The lowest BCUT2D eigenvalue weighted by molar-refractivity contribution is -0.150. The normalized spacial score (nSPS) is 25.4. The number of rotatable bonds is 5. The number of carbonyl (C=O) groups is 1. The van der Waals surface area contributed by atoms with E-state index in [1.54, 1.807) is 7.11 Å². The number of carbonyl (C=O) groups excluding carboxylic acids is 1. The fraction of sp³-hybridized carbons (Fsp3) is 0.588. The Labute approximate surface area is 126 Å². The van der Waals surface area contributed by atoms with Gasteiger partial charge in [-0.2, -0.15) is 0 Å². The predicted octanol–water partition coefficient (Wildman–Crippen LogP) is 3.30. The molecule has 1 saturated carbocycles. The summed E-state index contributed by atoms with van der Waals surface area (Å²) < 4.78 is 10.7. The highest BCUT2D eigenvalue weighted by Gasteiger charge is 2.43. The van der Waals surface area contributed by atoms with Gasteiger partial charge < -0.3 is 14.8 Å². The SMILES string of the molecule is CCOC(=O)C1(Nc2ccc(C)cc2)CCC(OC)CC1. The summed E-state index contributed by atoms with van der Waals surface area (Å²) in [5, 5.41) is 3.42. The first kappa shape index (κ1) is 15.8. The van der Waals surface area contributed by atoms with Crippen LogP contribution in [0.25, 0.3) is 0 Å². The van der Waals surface area contributed by atoms with Gasteiger partial charge in [0.2, 0.25) is 0 Å². The van der Waals surface area contributed by atoms with E-state index < -0.39 is 5.54 Å². The number of methoxy groups -OCH3 is 1. The van der Waals surface area contributed by atoms with Gasteiger partial charge >= 0.3 is 5.97 Å². The van der Waals surface area contributed by atoms with E-state index in [2.05, 4.69) is 12.2 Å². The molecule has 0 aromatic heterocycles. The molecule has 4 nitrogen and oxygen atoms in total. The molecule has 2 rings (SSSR count). The van der Waals surface area contributed by atoms with Crippen molar-refractivity contribution < 1.29 is 14.3 Å². The quantitative estimate of drug-likeness (QED) is 0.846. The molecule has 1 aromatic rings. The maximum atomic E-state index is 12.5. The molecule has 1 fully saturated rings. The van der Waals surface area contributed by atoms with E-state index in [-0.39, 0.29) is 12.1 Å². The summed E-state index contributed by atoms with van der Waals surface area (Å²) in [6.45, 7) is 4.30. The smallest absolute Gasteiger partial charge is 0.331 e. The minimum Gasteiger partial charge on any atom is -0.464 e. The number of aryl methyl sites for hydroxylation is 1. The summed E-state index contributed by atoms with van der Waals surface area (Å²) in [5.74, 6) is -0.153. The first-order valence-electron chi connectivity index (χ1n) is 7.64. The third-order valence-electron chi connectivity index (χ3n) is 4.22. The van der Waals surface area contributed by atoms with Gasteiger partial charge in [0.25, 0.3) is 0 Å². The molecule has 0 saturated heterocycles. The molecule has 0 spiro atoms. The molecule has 1 aliphatic carbocycles. The first-order valence-corrected chi connectivity index (χ1v) is 7.64. The maximum absolute atomic E-state index is 12.5. The number of nitrogens with one attached hydrogen (secondary N) is 1. The molecular formula is C17H25NO3. The van der Waals surface area contributed by atoms with E-state index in [9.17, 15) is 4.79 Å². The van der Waals surface area contributed by atoms with Crippen LogP contribution in [-0.4, -0.2) is 31.3 Å².